The molecule has 0 atom stereocenters. The summed E-state index contributed by atoms with van der Waals surface area (Å²) in [6, 6.07) is 21.0. The lowest BCUT2D eigenvalue weighted by Crippen LogP contribution is -2.21. The Bertz CT molecular complexity index is 1320. The van der Waals surface area contributed by atoms with Crippen LogP contribution in [0.5, 0.6) is 5.75 Å². The predicted molar refractivity (Wildman–Crippen MR) is 134 cm³/mol. The molecular formula is C27H28F3N3O3. The van der Waals surface area contributed by atoms with E-state index in [2.05, 4.69) is 78.3 Å². The first kappa shape index (κ1) is 26.6. The van der Waals surface area contributed by atoms with Gasteiger partial charge in [-0.05, 0) is 60.4 Å². The van der Waals surface area contributed by atoms with E-state index in [0.29, 0.717) is 0 Å². The van der Waals surface area contributed by atoms with Crippen LogP contribution in [0.1, 0.15) is 25.3 Å². The van der Waals surface area contributed by atoms with Crippen LogP contribution in [-0.2, 0) is 4.79 Å². The maximum atomic E-state index is 10.6. The Balaban J connectivity index is 0.000000454. The zero-order valence-electron chi connectivity index (χ0n) is 20.3. The molecule has 4 rings (SSSR count). The molecule has 0 aliphatic heterocycles. The summed E-state index contributed by atoms with van der Waals surface area (Å²) in [5.41, 5.74) is 6.60. The number of imidazole rings is 1. The summed E-state index contributed by atoms with van der Waals surface area (Å²) in [5.74, 6) is -0.837. The average molecular weight is 500 g/mol. The molecule has 36 heavy (non-hydrogen) atoms. The van der Waals surface area contributed by atoms with Crippen LogP contribution >= 0.6 is 0 Å². The number of nitrogens with one attached hydrogen (secondary N) is 1. The quantitative estimate of drug-likeness (QED) is 0.273. The highest BCUT2D eigenvalue weighted by Gasteiger charge is 2.38. The maximum absolute atomic E-state index is 10.6. The number of carbonyl (C=O) groups is 1. The van der Waals surface area contributed by atoms with Crippen molar-refractivity contribution in [3.8, 4) is 28.1 Å². The fourth-order valence-corrected chi connectivity index (χ4v) is 3.53. The molecule has 0 radical (unpaired) electrons. The normalized spacial score (nSPS) is 11.1. The van der Waals surface area contributed by atoms with Crippen molar-refractivity contribution in [1.82, 2.24) is 9.38 Å². The highest BCUT2D eigenvalue weighted by atomic mass is 19.4. The first-order chi connectivity index (χ1) is 17.1. The highest BCUT2D eigenvalue weighted by molar-refractivity contribution is 5.80. The van der Waals surface area contributed by atoms with Gasteiger partial charge in [0.1, 0.15) is 22.9 Å². The van der Waals surface area contributed by atoms with Crippen LogP contribution in [0.4, 0.5) is 19.0 Å². The number of alkyl halides is 3. The molecule has 0 fully saturated rings. The molecule has 0 saturated carbocycles. The number of anilines is 1. The number of benzene rings is 2. The van der Waals surface area contributed by atoms with Gasteiger partial charge in [0.25, 0.3) is 0 Å². The molecule has 0 spiro atoms. The van der Waals surface area contributed by atoms with Crippen molar-refractivity contribution >= 4 is 17.4 Å². The van der Waals surface area contributed by atoms with Crippen LogP contribution < -0.4 is 10.1 Å². The number of aromatic nitrogens is 2. The maximum Gasteiger partial charge on any atom is 0.490 e. The Hall–Kier alpha value is -4.01. The van der Waals surface area contributed by atoms with Crippen LogP contribution in [-0.4, -0.2) is 40.3 Å². The van der Waals surface area contributed by atoms with Gasteiger partial charge in [0.2, 0.25) is 0 Å². The zero-order chi connectivity index (χ0) is 26.3. The molecule has 9 heteroatoms. The summed E-state index contributed by atoms with van der Waals surface area (Å²) in [5, 5.41) is 10.7. The first-order valence-corrected chi connectivity index (χ1v) is 11.4. The minimum absolute atomic E-state index is 0.864. The molecule has 0 amide bonds. The standard InChI is InChI=1S/C25H27N3O.C2HF3O2/c1-4-5-14-26-25-24(27-23-16-18(2)13-15-28(23)25)21-8-6-7-20(17-21)19-9-11-22(29-3)12-10-19;3-2(4,5)1(6)7/h6-13,15-17,26H,4-5,14H2,1-3H3;(H,6,7). The number of methoxy groups -OCH3 is 1. The van der Waals surface area contributed by atoms with Crippen LogP contribution in [0.15, 0.2) is 66.9 Å². The Morgan fingerprint density at radius 1 is 1.06 bits per heavy atom. The number of fused-ring (bicyclic) bond motifs is 1. The number of aryl methyl sites for hydroxylation is 1. The summed E-state index contributed by atoms with van der Waals surface area (Å²) in [4.78, 5) is 13.9. The van der Waals surface area contributed by atoms with E-state index in [-0.39, 0.29) is 0 Å². The number of rotatable bonds is 7. The fraction of sp³-hybridized carbons (Fsp3) is 0.259. The first-order valence-electron chi connectivity index (χ1n) is 11.4. The monoisotopic (exact) mass is 499 g/mol. The van der Waals surface area contributed by atoms with Crippen LogP contribution in [0, 0.1) is 6.92 Å². The SMILES string of the molecule is CCCCNc1c(-c2cccc(-c3ccc(OC)cc3)c2)nc2cc(C)ccn12.O=C(O)C(F)(F)F. The third kappa shape index (κ3) is 6.56. The Morgan fingerprint density at radius 3 is 2.33 bits per heavy atom. The smallest absolute Gasteiger partial charge is 0.490 e. The molecule has 2 N–H and O–H groups in total. The molecule has 0 saturated heterocycles. The van der Waals surface area contributed by atoms with Gasteiger partial charge in [-0.1, -0.05) is 43.7 Å². The van der Waals surface area contributed by atoms with Crippen LogP contribution in [0.25, 0.3) is 28.0 Å². The van der Waals surface area contributed by atoms with Gasteiger partial charge < -0.3 is 15.2 Å². The van der Waals surface area contributed by atoms with Gasteiger partial charge in [-0.15, -0.1) is 0 Å². The number of halogens is 3. The zero-order valence-corrected chi connectivity index (χ0v) is 20.3. The van der Waals surface area contributed by atoms with E-state index in [4.69, 9.17) is 19.6 Å². The third-order valence-corrected chi connectivity index (χ3v) is 5.41. The highest BCUT2D eigenvalue weighted by Crippen LogP contribution is 2.32. The van der Waals surface area contributed by atoms with E-state index in [1.807, 2.05) is 12.1 Å². The average Bonchev–Trinajstić information content (AvgIpc) is 3.21. The van der Waals surface area contributed by atoms with Gasteiger partial charge >= 0.3 is 12.1 Å². The number of ether oxygens (including phenoxy) is 1. The van der Waals surface area contributed by atoms with E-state index >= 15 is 0 Å². The number of carboxylic acids is 1. The van der Waals surface area contributed by atoms with Crippen molar-refractivity contribution < 1.29 is 27.8 Å². The second-order valence-corrected chi connectivity index (χ2v) is 8.13. The van der Waals surface area contributed by atoms with Crippen LogP contribution in [0.2, 0.25) is 0 Å². The predicted octanol–water partition coefficient (Wildman–Crippen LogP) is 6.83. The number of carboxylic acid groups (broad SMARTS) is 1. The third-order valence-electron chi connectivity index (χ3n) is 5.41. The van der Waals surface area contributed by atoms with Crippen molar-refractivity contribution in [2.45, 2.75) is 32.9 Å². The number of aliphatic carboxylic acids is 1. The second-order valence-electron chi connectivity index (χ2n) is 8.13. The van der Waals surface area contributed by atoms with Gasteiger partial charge in [-0.25, -0.2) is 9.78 Å². The minimum atomic E-state index is -5.08. The van der Waals surface area contributed by atoms with Crippen molar-refractivity contribution in [3.63, 3.8) is 0 Å². The molecule has 2 aromatic carbocycles. The summed E-state index contributed by atoms with van der Waals surface area (Å²) in [6.45, 7) is 5.24. The Morgan fingerprint density at radius 2 is 1.72 bits per heavy atom. The molecule has 0 aliphatic carbocycles. The largest absolute Gasteiger partial charge is 0.497 e. The molecule has 4 aromatic rings. The molecule has 2 heterocycles. The lowest BCUT2D eigenvalue weighted by atomic mass is 10.0. The number of pyridine rings is 1. The molecule has 2 aromatic heterocycles. The van der Waals surface area contributed by atoms with Gasteiger partial charge in [0.15, 0.2) is 0 Å². The Labute approximate surface area is 207 Å². The Kier molecular flexibility index (Phi) is 8.58. The molecule has 190 valence electrons. The summed E-state index contributed by atoms with van der Waals surface area (Å²) in [6.07, 6.45) is -0.696. The topological polar surface area (TPSA) is 75.9 Å². The minimum Gasteiger partial charge on any atom is -0.497 e. The van der Waals surface area contributed by atoms with E-state index in [9.17, 15) is 13.2 Å². The van der Waals surface area contributed by atoms with Gasteiger partial charge in [-0.2, -0.15) is 13.2 Å². The molecule has 6 nitrogen and oxygen atoms in total. The van der Waals surface area contributed by atoms with Crippen molar-refractivity contribution in [2.75, 3.05) is 19.0 Å². The molecule has 0 bridgehead atoms. The number of hydrogen-bond donors (Lipinski definition) is 2. The van der Waals surface area contributed by atoms with Gasteiger partial charge in [0.05, 0.1) is 7.11 Å². The molecular weight excluding hydrogens is 471 g/mol. The van der Waals surface area contributed by atoms with E-state index in [1.54, 1.807) is 7.11 Å². The number of unbranched alkanes of at least 4 members (excludes halogenated alkanes) is 1. The molecule has 0 unspecified atom stereocenters. The number of hydrogen-bond acceptors (Lipinski definition) is 4. The molecule has 0 aliphatic rings. The summed E-state index contributed by atoms with van der Waals surface area (Å²) < 4.78 is 39.2. The second kappa shape index (κ2) is 11.6. The van der Waals surface area contributed by atoms with E-state index in [1.165, 1.54) is 5.56 Å². The van der Waals surface area contributed by atoms with E-state index < -0.39 is 12.1 Å². The van der Waals surface area contributed by atoms with Gasteiger partial charge in [0, 0.05) is 18.3 Å². The summed E-state index contributed by atoms with van der Waals surface area (Å²) >= 11 is 0. The van der Waals surface area contributed by atoms with Gasteiger partial charge in [-0.3, -0.25) is 4.40 Å². The number of nitrogens with zero attached hydrogens (tertiary/aromatic N) is 2. The van der Waals surface area contributed by atoms with E-state index in [0.717, 1.165) is 59.0 Å². The summed E-state index contributed by atoms with van der Waals surface area (Å²) in [7, 11) is 1.69. The van der Waals surface area contributed by atoms with Crippen molar-refractivity contribution in [3.05, 3.63) is 72.4 Å². The van der Waals surface area contributed by atoms with Crippen molar-refractivity contribution in [1.29, 1.82) is 0 Å². The van der Waals surface area contributed by atoms with Crippen LogP contribution in [0.3, 0.4) is 0 Å². The fourth-order valence-electron chi connectivity index (χ4n) is 3.53. The van der Waals surface area contributed by atoms with Crippen molar-refractivity contribution in [2.24, 2.45) is 0 Å². The lowest BCUT2D eigenvalue weighted by Gasteiger charge is -2.10. The lowest BCUT2D eigenvalue weighted by molar-refractivity contribution is -0.192.